The molecule has 2 rings (SSSR count). The normalized spacial score (nSPS) is 11.6. The van der Waals surface area contributed by atoms with E-state index in [2.05, 4.69) is 15.7 Å². The zero-order valence-electron chi connectivity index (χ0n) is 13.4. The number of amides is 1. The number of carbonyl (C=O) groups is 1. The maximum atomic E-state index is 12.0. The van der Waals surface area contributed by atoms with Gasteiger partial charge >= 0.3 is 0 Å². The standard InChI is InChI=1S/C16H22N4O.ClH/c1-11-9-13(3)20(19-11)15-7-5-14(6-8-15)16(21)18-10-12(2)17-4;/h5-9,12,17H,10H2,1-4H3,(H,18,21);1H. The lowest BCUT2D eigenvalue weighted by atomic mass is 10.2. The average molecular weight is 323 g/mol. The Labute approximate surface area is 137 Å². The number of nitrogens with one attached hydrogen (secondary N) is 2. The molecule has 1 heterocycles. The van der Waals surface area contributed by atoms with Gasteiger partial charge in [0, 0.05) is 23.8 Å². The molecule has 0 spiro atoms. The fraction of sp³-hybridized carbons (Fsp3) is 0.375. The first-order valence-corrected chi connectivity index (χ1v) is 7.10. The number of hydrogen-bond acceptors (Lipinski definition) is 3. The van der Waals surface area contributed by atoms with Gasteiger partial charge in [-0.1, -0.05) is 0 Å². The van der Waals surface area contributed by atoms with Gasteiger partial charge in [0.2, 0.25) is 0 Å². The monoisotopic (exact) mass is 322 g/mol. The lowest BCUT2D eigenvalue weighted by molar-refractivity contribution is 0.0950. The molecule has 0 saturated carbocycles. The van der Waals surface area contributed by atoms with Crippen molar-refractivity contribution < 1.29 is 4.79 Å². The van der Waals surface area contributed by atoms with Gasteiger partial charge in [-0.3, -0.25) is 4.79 Å². The molecule has 0 aliphatic carbocycles. The van der Waals surface area contributed by atoms with Crippen LogP contribution in [0.5, 0.6) is 0 Å². The van der Waals surface area contributed by atoms with Crippen molar-refractivity contribution in [3.63, 3.8) is 0 Å². The van der Waals surface area contributed by atoms with E-state index in [4.69, 9.17) is 0 Å². The highest BCUT2D eigenvalue weighted by atomic mass is 35.5. The van der Waals surface area contributed by atoms with Crippen molar-refractivity contribution >= 4 is 18.3 Å². The molecule has 1 aromatic heterocycles. The minimum Gasteiger partial charge on any atom is -0.350 e. The van der Waals surface area contributed by atoms with Crippen LogP contribution < -0.4 is 10.6 Å². The summed E-state index contributed by atoms with van der Waals surface area (Å²) in [7, 11) is 1.88. The van der Waals surface area contributed by atoms with Crippen LogP contribution in [0.3, 0.4) is 0 Å². The molecule has 0 radical (unpaired) electrons. The third-order valence-electron chi connectivity index (χ3n) is 3.45. The summed E-state index contributed by atoms with van der Waals surface area (Å²) in [5.74, 6) is -0.0583. The van der Waals surface area contributed by atoms with Crippen LogP contribution in [-0.2, 0) is 0 Å². The first-order valence-electron chi connectivity index (χ1n) is 7.10. The summed E-state index contributed by atoms with van der Waals surface area (Å²) in [6.07, 6.45) is 0. The van der Waals surface area contributed by atoms with Gasteiger partial charge in [0.25, 0.3) is 5.91 Å². The molecule has 0 aliphatic rings. The number of halogens is 1. The summed E-state index contributed by atoms with van der Waals surface area (Å²) in [6, 6.07) is 9.75. The van der Waals surface area contributed by atoms with Gasteiger partial charge in [-0.2, -0.15) is 5.10 Å². The fourth-order valence-corrected chi connectivity index (χ4v) is 2.09. The highest BCUT2D eigenvalue weighted by Gasteiger charge is 2.08. The zero-order chi connectivity index (χ0) is 15.4. The van der Waals surface area contributed by atoms with Gasteiger partial charge in [0.15, 0.2) is 0 Å². The summed E-state index contributed by atoms with van der Waals surface area (Å²) in [5.41, 5.74) is 3.67. The third kappa shape index (κ3) is 4.32. The highest BCUT2D eigenvalue weighted by molar-refractivity contribution is 5.94. The van der Waals surface area contributed by atoms with E-state index in [1.54, 1.807) is 0 Å². The number of likely N-dealkylation sites (N-methyl/N-ethyl adjacent to an activating group) is 1. The van der Waals surface area contributed by atoms with Crippen LogP contribution in [-0.4, -0.2) is 35.3 Å². The summed E-state index contributed by atoms with van der Waals surface area (Å²) in [4.78, 5) is 12.0. The second-order valence-electron chi connectivity index (χ2n) is 5.29. The van der Waals surface area contributed by atoms with Crippen LogP contribution >= 0.6 is 12.4 Å². The fourth-order valence-electron chi connectivity index (χ4n) is 2.09. The number of carbonyl (C=O) groups excluding carboxylic acids is 1. The van der Waals surface area contributed by atoms with Gasteiger partial charge in [0.05, 0.1) is 11.4 Å². The SMILES string of the molecule is CNC(C)CNC(=O)c1ccc(-n2nc(C)cc2C)cc1.Cl. The van der Waals surface area contributed by atoms with Gasteiger partial charge in [-0.25, -0.2) is 4.68 Å². The van der Waals surface area contributed by atoms with Crippen LogP contribution in [0, 0.1) is 13.8 Å². The van der Waals surface area contributed by atoms with Crippen molar-refractivity contribution in [2.24, 2.45) is 0 Å². The minimum atomic E-state index is -0.0583. The zero-order valence-corrected chi connectivity index (χ0v) is 14.2. The summed E-state index contributed by atoms with van der Waals surface area (Å²) >= 11 is 0. The Kier molecular flexibility index (Phi) is 6.59. The largest absolute Gasteiger partial charge is 0.350 e. The molecule has 1 unspecified atom stereocenters. The van der Waals surface area contributed by atoms with E-state index < -0.39 is 0 Å². The molecular weight excluding hydrogens is 300 g/mol. The van der Waals surface area contributed by atoms with E-state index in [0.29, 0.717) is 12.1 Å². The van der Waals surface area contributed by atoms with Gasteiger partial charge in [-0.15, -0.1) is 12.4 Å². The molecule has 2 N–H and O–H groups in total. The number of aromatic nitrogens is 2. The molecule has 2 aromatic rings. The Morgan fingerprint density at radius 3 is 2.41 bits per heavy atom. The Morgan fingerprint density at radius 1 is 1.27 bits per heavy atom. The van der Waals surface area contributed by atoms with Gasteiger partial charge in [0.1, 0.15) is 0 Å². The van der Waals surface area contributed by atoms with Crippen LogP contribution in [0.2, 0.25) is 0 Å². The van der Waals surface area contributed by atoms with Crippen molar-refractivity contribution in [2.45, 2.75) is 26.8 Å². The lowest BCUT2D eigenvalue weighted by Gasteiger charge is -2.11. The minimum absolute atomic E-state index is 0. The maximum Gasteiger partial charge on any atom is 0.251 e. The average Bonchev–Trinajstić information content (AvgIpc) is 2.83. The summed E-state index contributed by atoms with van der Waals surface area (Å²) < 4.78 is 1.88. The molecule has 22 heavy (non-hydrogen) atoms. The molecule has 1 aromatic carbocycles. The molecule has 6 heteroatoms. The molecule has 0 fully saturated rings. The Hall–Kier alpha value is -1.85. The molecule has 0 aliphatic heterocycles. The van der Waals surface area contributed by atoms with Crippen molar-refractivity contribution in [3.05, 3.63) is 47.3 Å². The van der Waals surface area contributed by atoms with Crippen molar-refractivity contribution in [1.82, 2.24) is 20.4 Å². The number of benzene rings is 1. The van der Waals surface area contributed by atoms with E-state index in [1.165, 1.54) is 0 Å². The number of aryl methyl sites for hydroxylation is 2. The molecule has 0 bridgehead atoms. The van der Waals surface area contributed by atoms with Crippen molar-refractivity contribution in [2.75, 3.05) is 13.6 Å². The summed E-state index contributed by atoms with van der Waals surface area (Å²) in [5, 5.41) is 10.4. The molecule has 0 saturated heterocycles. The lowest BCUT2D eigenvalue weighted by Crippen LogP contribution is -2.37. The van der Waals surface area contributed by atoms with Crippen LogP contribution in [0.25, 0.3) is 5.69 Å². The molecule has 5 nitrogen and oxygen atoms in total. The smallest absolute Gasteiger partial charge is 0.251 e. The topological polar surface area (TPSA) is 58.9 Å². The first kappa shape index (κ1) is 18.2. The van der Waals surface area contributed by atoms with Crippen LogP contribution in [0.4, 0.5) is 0 Å². The second-order valence-corrected chi connectivity index (χ2v) is 5.29. The number of nitrogens with zero attached hydrogens (tertiary/aromatic N) is 2. The van der Waals surface area contributed by atoms with Crippen molar-refractivity contribution in [3.8, 4) is 5.69 Å². The van der Waals surface area contributed by atoms with E-state index in [1.807, 2.05) is 62.8 Å². The predicted octanol–water partition coefficient (Wildman–Crippen LogP) is 2.25. The Balaban J connectivity index is 0.00000242. The van der Waals surface area contributed by atoms with Crippen LogP contribution in [0.1, 0.15) is 28.7 Å². The predicted molar refractivity (Wildman–Crippen MR) is 91.1 cm³/mol. The highest BCUT2D eigenvalue weighted by Crippen LogP contribution is 2.13. The maximum absolute atomic E-state index is 12.0. The third-order valence-corrected chi connectivity index (χ3v) is 3.45. The second kappa shape index (κ2) is 7.96. The van der Waals surface area contributed by atoms with Gasteiger partial charge in [-0.05, 0) is 58.2 Å². The molecular formula is C16H23ClN4O. The van der Waals surface area contributed by atoms with Crippen molar-refractivity contribution in [1.29, 1.82) is 0 Å². The van der Waals surface area contributed by atoms with E-state index in [9.17, 15) is 4.79 Å². The van der Waals surface area contributed by atoms with E-state index >= 15 is 0 Å². The molecule has 120 valence electrons. The Bertz CT molecular complexity index is 622. The number of hydrogen-bond donors (Lipinski definition) is 2. The number of rotatable bonds is 5. The quantitative estimate of drug-likeness (QED) is 0.887. The Morgan fingerprint density at radius 2 is 1.91 bits per heavy atom. The molecule has 1 atom stereocenters. The van der Waals surface area contributed by atoms with E-state index in [-0.39, 0.29) is 24.4 Å². The van der Waals surface area contributed by atoms with E-state index in [0.717, 1.165) is 17.1 Å². The molecule has 1 amide bonds. The van der Waals surface area contributed by atoms with Gasteiger partial charge < -0.3 is 10.6 Å². The van der Waals surface area contributed by atoms with Crippen LogP contribution in [0.15, 0.2) is 30.3 Å². The summed E-state index contributed by atoms with van der Waals surface area (Å²) in [6.45, 7) is 6.61. The first-order chi connectivity index (χ1) is 10.0.